The van der Waals surface area contributed by atoms with Crippen LogP contribution in [0.4, 0.5) is 4.79 Å². The Kier molecular flexibility index (Phi) is 4.42. The molecule has 0 aliphatic heterocycles. The molecule has 0 spiro atoms. The first kappa shape index (κ1) is 18.5. The monoisotopic (exact) mass is 394 g/mol. The van der Waals surface area contributed by atoms with Crippen LogP contribution in [0.1, 0.15) is 24.1 Å². The zero-order valence-corrected chi connectivity index (χ0v) is 16.0. The second-order valence-electron chi connectivity index (χ2n) is 6.81. The molecule has 2 N–H and O–H groups in total. The number of nitrogens with zero attached hydrogens (tertiary/aromatic N) is 3. The molecule has 9 heteroatoms. The number of benzene rings is 1. The molecule has 0 radical (unpaired) electrons. The zero-order valence-electron chi connectivity index (χ0n) is 16.0. The molecule has 0 saturated heterocycles. The van der Waals surface area contributed by atoms with Gasteiger partial charge in [-0.1, -0.05) is 6.07 Å². The lowest BCUT2D eigenvalue weighted by molar-refractivity contribution is 0.191. The normalized spacial score (nSPS) is 12.2. The van der Waals surface area contributed by atoms with Gasteiger partial charge < -0.3 is 19.3 Å². The van der Waals surface area contributed by atoms with Gasteiger partial charge in [0.15, 0.2) is 12.2 Å². The summed E-state index contributed by atoms with van der Waals surface area (Å²) in [5.41, 5.74) is 2.60. The molecule has 4 aromatic rings. The molecule has 148 valence electrons. The van der Waals surface area contributed by atoms with Gasteiger partial charge >= 0.3 is 6.09 Å². The van der Waals surface area contributed by atoms with Gasteiger partial charge in [0.05, 0.1) is 28.8 Å². The van der Waals surface area contributed by atoms with Crippen LogP contribution < -0.4 is 10.7 Å². The summed E-state index contributed by atoms with van der Waals surface area (Å²) in [6, 6.07) is 2.93. The van der Waals surface area contributed by atoms with Crippen molar-refractivity contribution in [2.24, 2.45) is 7.05 Å². The van der Waals surface area contributed by atoms with Gasteiger partial charge in [0.1, 0.15) is 17.5 Å². The second-order valence-corrected chi connectivity index (χ2v) is 6.81. The maximum absolute atomic E-state index is 13.5. The standard InChI is InChI=1S/C20H18N4O5/c1-10-4-13(11(2)23-20(26)27)19-14(5-10)17(25)16(15-8-28-9-21-15)18(29-19)12-6-22-24(3)7-12/h4-9,11,23H,1-3H3,(H,26,27)/t11-/m1/s1. The minimum Gasteiger partial charge on any atom is -0.465 e. The molecular formula is C20H18N4O5. The van der Waals surface area contributed by atoms with Crippen LogP contribution in [0.3, 0.4) is 0 Å². The van der Waals surface area contributed by atoms with E-state index in [0.717, 1.165) is 5.56 Å². The maximum atomic E-state index is 13.5. The zero-order chi connectivity index (χ0) is 20.7. The van der Waals surface area contributed by atoms with Crippen molar-refractivity contribution in [1.29, 1.82) is 0 Å². The van der Waals surface area contributed by atoms with E-state index in [1.807, 2.05) is 6.92 Å². The fourth-order valence-electron chi connectivity index (χ4n) is 3.37. The van der Waals surface area contributed by atoms with Crippen LogP contribution in [0.15, 0.2) is 50.8 Å². The highest BCUT2D eigenvalue weighted by Crippen LogP contribution is 2.34. The number of hydrogen-bond donors (Lipinski definition) is 2. The fraction of sp³-hybridized carbons (Fsp3) is 0.200. The molecule has 0 unspecified atom stereocenters. The number of nitrogens with one attached hydrogen (secondary N) is 1. The summed E-state index contributed by atoms with van der Waals surface area (Å²) >= 11 is 0. The first-order valence-corrected chi connectivity index (χ1v) is 8.83. The van der Waals surface area contributed by atoms with E-state index in [1.54, 1.807) is 43.2 Å². The third-order valence-corrected chi connectivity index (χ3v) is 4.63. The van der Waals surface area contributed by atoms with Crippen LogP contribution in [-0.2, 0) is 7.05 Å². The molecule has 0 aliphatic carbocycles. The first-order chi connectivity index (χ1) is 13.8. The molecular weight excluding hydrogens is 376 g/mol. The summed E-state index contributed by atoms with van der Waals surface area (Å²) in [4.78, 5) is 28.7. The lowest BCUT2D eigenvalue weighted by atomic mass is 9.98. The van der Waals surface area contributed by atoms with Gasteiger partial charge in [0, 0.05) is 18.8 Å². The molecule has 29 heavy (non-hydrogen) atoms. The highest BCUT2D eigenvalue weighted by atomic mass is 16.4. The average molecular weight is 394 g/mol. The van der Waals surface area contributed by atoms with Crippen molar-refractivity contribution in [3.63, 3.8) is 0 Å². The summed E-state index contributed by atoms with van der Waals surface area (Å²) < 4.78 is 12.9. The van der Waals surface area contributed by atoms with Crippen molar-refractivity contribution >= 4 is 17.1 Å². The number of carbonyl (C=O) groups is 1. The molecule has 3 aromatic heterocycles. The van der Waals surface area contributed by atoms with Crippen LogP contribution in [0.25, 0.3) is 33.6 Å². The lowest BCUT2D eigenvalue weighted by Crippen LogP contribution is -2.25. The minimum atomic E-state index is -1.17. The molecule has 3 heterocycles. The van der Waals surface area contributed by atoms with Gasteiger partial charge in [0.2, 0.25) is 5.43 Å². The third-order valence-electron chi connectivity index (χ3n) is 4.63. The van der Waals surface area contributed by atoms with Gasteiger partial charge in [0.25, 0.3) is 0 Å². The summed E-state index contributed by atoms with van der Waals surface area (Å²) in [7, 11) is 1.76. The van der Waals surface area contributed by atoms with Crippen LogP contribution in [-0.4, -0.2) is 26.0 Å². The Morgan fingerprint density at radius 3 is 2.76 bits per heavy atom. The van der Waals surface area contributed by atoms with Crippen LogP contribution in [0.2, 0.25) is 0 Å². The number of aryl methyl sites for hydroxylation is 2. The quantitative estimate of drug-likeness (QED) is 0.543. The van der Waals surface area contributed by atoms with E-state index in [9.17, 15) is 9.59 Å². The van der Waals surface area contributed by atoms with Gasteiger partial charge in [-0.25, -0.2) is 9.78 Å². The molecule has 1 amide bonds. The Bertz CT molecular complexity index is 1270. The largest absolute Gasteiger partial charge is 0.465 e. The highest BCUT2D eigenvalue weighted by Gasteiger charge is 2.24. The Morgan fingerprint density at radius 1 is 1.34 bits per heavy atom. The smallest absolute Gasteiger partial charge is 0.405 e. The topological polar surface area (TPSA) is 123 Å². The van der Waals surface area contributed by atoms with Crippen molar-refractivity contribution in [2.45, 2.75) is 19.9 Å². The number of fused-ring (bicyclic) bond motifs is 1. The van der Waals surface area contributed by atoms with Crippen molar-refractivity contribution in [1.82, 2.24) is 20.1 Å². The van der Waals surface area contributed by atoms with Crippen molar-refractivity contribution in [2.75, 3.05) is 0 Å². The van der Waals surface area contributed by atoms with Gasteiger partial charge in [-0.15, -0.1) is 0 Å². The summed E-state index contributed by atoms with van der Waals surface area (Å²) in [6.45, 7) is 3.53. The Labute approximate surface area is 164 Å². The van der Waals surface area contributed by atoms with Gasteiger partial charge in [-0.05, 0) is 25.5 Å². The molecule has 0 fully saturated rings. The van der Waals surface area contributed by atoms with Crippen molar-refractivity contribution < 1.29 is 18.7 Å². The Hall–Kier alpha value is -3.88. The van der Waals surface area contributed by atoms with E-state index in [-0.39, 0.29) is 16.8 Å². The molecule has 1 atom stereocenters. The van der Waals surface area contributed by atoms with Crippen LogP contribution in [0, 0.1) is 6.92 Å². The van der Waals surface area contributed by atoms with Crippen LogP contribution >= 0.6 is 0 Å². The number of oxazole rings is 1. The van der Waals surface area contributed by atoms with Crippen molar-refractivity contribution in [3.05, 3.63) is 58.5 Å². The van der Waals surface area contributed by atoms with Gasteiger partial charge in [-0.3, -0.25) is 9.48 Å². The SMILES string of the molecule is Cc1cc([C@@H](C)NC(=O)O)c2oc(-c3cnn(C)c3)c(-c3cocn3)c(=O)c2c1. The average Bonchev–Trinajstić information content (AvgIpc) is 3.32. The maximum Gasteiger partial charge on any atom is 0.405 e. The van der Waals surface area contributed by atoms with E-state index < -0.39 is 12.1 Å². The predicted octanol–water partition coefficient (Wildman–Crippen LogP) is 3.49. The minimum absolute atomic E-state index is 0.259. The number of aromatic nitrogens is 3. The number of carboxylic acid groups (broad SMARTS) is 1. The summed E-state index contributed by atoms with van der Waals surface area (Å²) in [5.74, 6) is 0.289. The van der Waals surface area contributed by atoms with E-state index >= 15 is 0 Å². The number of amides is 1. The lowest BCUT2D eigenvalue weighted by Gasteiger charge is -2.16. The molecule has 0 aliphatic rings. The van der Waals surface area contributed by atoms with E-state index in [4.69, 9.17) is 13.9 Å². The third kappa shape index (κ3) is 3.27. The summed E-state index contributed by atoms with van der Waals surface area (Å²) in [5, 5.41) is 16.0. The van der Waals surface area contributed by atoms with E-state index in [1.165, 1.54) is 12.7 Å². The number of hydrogen-bond acceptors (Lipinski definition) is 6. The second kappa shape index (κ2) is 6.93. The van der Waals surface area contributed by atoms with Crippen LogP contribution in [0.5, 0.6) is 0 Å². The molecule has 9 nitrogen and oxygen atoms in total. The molecule has 0 bridgehead atoms. The molecule has 1 aromatic carbocycles. The van der Waals surface area contributed by atoms with Gasteiger partial charge in [-0.2, -0.15) is 5.10 Å². The van der Waals surface area contributed by atoms with Crippen molar-refractivity contribution in [3.8, 4) is 22.6 Å². The Morgan fingerprint density at radius 2 is 2.14 bits per heavy atom. The van der Waals surface area contributed by atoms with E-state index in [0.29, 0.717) is 27.8 Å². The highest BCUT2D eigenvalue weighted by molar-refractivity contribution is 5.90. The Balaban J connectivity index is 2.09. The predicted molar refractivity (Wildman–Crippen MR) is 104 cm³/mol. The first-order valence-electron chi connectivity index (χ1n) is 8.83. The fourth-order valence-corrected chi connectivity index (χ4v) is 3.37. The number of rotatable bonds is 4. The van der Waals surface area contributed by atoms with E-state index in [2.05, 4.69) is 15.4 Å². The molecule has 0 saturated carbocycles. The molecule has 4 rings (SSSR count). The summed E-state index contributed by atoms with van der Waals surface area (Å²) in [6.07, 6.45) is 4.76.